The Balaban J connectivity index is 1.74. The molecule has 0 fully saturated rings. The van der Waals surface area contributed by atoms with Gasteiger partial charge in [-0.2, -0.15) is 0 Å². The molecule has 0 saturated carbocycles. The minimum atomic E-state index is -0.573. The van der Waals surface area contributed by atoms with E-state index in [-0.39, 0.29) is 11.1 Å². The largest absolute Gasteiger partial charge is 0.465 e. The van der Waals surface area contributed by atoms with Crippen LogP contribution in [0.4, 0.5) is 0 Å². The average molecular weight is 324 g/mol. The van der Waals surface area contributed by atoms with Crippen LogP contribution in [0.5, 0.6) is 5.75 Å². The van der Waals surface area contributed by atoms with Crippen molar-refractivity contribution in [3.05, 3.63) is 66.0 Å². The topological polar surface area (TPSA) is 96.2 Å². The van der Waals surface area contributed by atoms with Gasteiger partial charge in [0, 0.05) is 0 Å². The lowest BCUT2D eigenvalue weighted by atomic mass is 10.1. The molecule has 2 aromatic carbocycles. The molecule has 3 rings (SSSR count). The molecule has 8 nitrogen and oxygen atoms in total. The van der Waals surface area contributed by atoms with Crippen LogP contribution >= 0.6 is 0 Å². The van der Waals surface area contributed by atoms with Gasteiger partial charge < -0.3 is 9.47 Å². The summed E-state index contributed by atoms with van der Waals surface area (Å²) in [5.74, 6) is -0.730. The van der Waals surface area contributed by atoms with Gasteiger partial charge in [-0.3, -0.25) is 0 Å². The Morgan fingerprint density at radius 2 is 1.71 bits per heavy atom. The van der Waals surface area contributed by atoms with Gasteiger partial charge in [-0.05, 0) is 52.9 Å². The average Bonchev–Trinajstić information content (AvgIpc) is 3.16. The Morgan fingerprint density at radius 1 is 1.00 bits per heavy atom. The number of carbonyl (C=O) groups is 2. The first-order chi connectivity index (χ1) is 11.7. The highest BCUT2D eigenvalue weighted by atomic mass is 16.5. The molecule has 3 aromatic rings. The van der Waals surface area contributed by atoms with Gasteiger partial charge in [0.25, 0.3) is 0 Å². The van der Waals surface area contributed by atoms with Gasteiger partial charge in [0.1, 0.15) is 12.1 Å². The van der Waals surface area contributed by atoms with E-state index in [1.165, 1.54) is 24.2 Å². The van der Waals surface area contributed by atoms with Crippen molar-refractivity contribution in [3.63, 3.8) is 0 Å². The number of esters is 2. The molecule has 1 heterocycles. The molecule has 0 aliphatic carbocycles. The van der Waals surface area contributed by atoms with Gasteiger partial charge in [-0.15, -0.1) is 5.10 Å². The molecule has 0 radical (unpaired) electrons. The smallest absolute Gasteiger partial charge is 0.343 e. The first kappa shape index (κ1) is 15.3. The highest BCUT2D eigenvalue weighted by Gasteiger charge is 2.12. The number of carbonyl (C=O) groups excluding carboxylic acids is 2. The molecule has 0 N–H and O–H groups in total. The molecule has 0 spiro atoms. The third-order valence-electron chi connectivity index (χ3n) is 3.18. The fourth-order valence-corrected chi connectivity index (χ4v) is 2.00. The number of hydrogen-bond donors (Lipinski definition) is 0. The van der Waals surface area contributed by atoms with Gasteiger partial charge in [0.2, 0.25) is 0 Å². The molecule has 120 valence electrons. The van der Waals surface area contributed by atoms with Crippen molar-refractivity contribution in [3.8, 4) is 11.4 Å². The van der Waals surface area contributed by atoms with E-state index in [0.717, 1.165) is 5.69 Å². The number of methoxy groups -OCH3 is 1. The Bertz CT molecular complexity index is 860. The minimum Gasteiger partial charge on any atom is -0.465 e. The lowest BCUT2D eigenvalue weighted by molar-refractivity contribution is 0.0600. The molecule has 0 aliphatic heterocycles. The van der Waals surface area contributed by atoms with Gasteiger partial charge in [0.15, 0.2) is 0 Å². The van der Waals surface area contributed by atoms with Gasteiger partial charge in [-0.25, -0.2) is 14.3 Å². The summed E-state index contributed by atoms with van der Waals surface area (Å²) in [6.07, 6.45) is 1.46. The van der Waals surface area contributed by atoms with Crippen molar-refractivity contribution >= 4 is 11.9 Å². The second kappa shape index (κ2) is 6.69. The summed E-state index contributed by atoms with van der Waals surface area (Å²) in [5.41, 5.74) is 1.26. The molecule has 0 unspecified atom stereocenters. The highest BCUT2D eigenvalue weighted by Crippen LogP contribution is 2.16. The molecule has 24 heavy (non-hydrogen) atoms. The summed E-state index contributed by atoms with van der Waals surface area (Å²) < 4.78 is 11.4. The van der Waals surface area contributed by atoms with Gasteiger partial charge in [0.05, 0.1) is 23.9 Å². The zero-order chi connectivity index (χ0) is 16.9. The molecule has 0 aliphatic rings. The normalized spacial score (nSPS) is 10.2. The van der Waals surface area contributed by atoms with Crippen LogP contribution in [0.3, 0.4) is 0 Å². The van der Waals surface area contributed by atoms with Crippen molar-refractivity contribution in [2.45, 2.75) is 0 Å². The predicted molar refractivity (Wildman–Crippen MR) is 81.9 cm³/mol. The van der Waals surface area contributed by atoms with Crippen molar-refractivity contribution < 1.29 is 19.1 Å². The summed E-state index contributed by atoms with van der Waals surface area (Å²) in [6, 6.07) is 12.8. The Hall–Kier alpha value is -3.55. The van der Waals surface area contributed by atoms with E-state index in [1.807, 2.05) is 0 Å². The number of hydrogen-bond acceptors (Lipinski definition) is 7. The fraction of sp³-hybridized carbons (Fsp3) is 0.0625. The summed E-state index contributed by atoms with van der Waals surface area (Å²) >= 11 is 0. The molecule has 0 bridgehead atoms. The lowest BCUT2D eigenvalue weighted by Gasteiger charge is -2.06. The third-order valence-corrected chi connectivity index (χ3v) is 3.18. The monoisotopic (exact) mass is 324 g/mol. The zero-order valence-electron chi connectivity index (χ0n) is 12.6. The van der Waals surface area contributed by atoms with Gasteiger partial charge in [-0.1, -0.05) is 6.07 Å². The van der Waals surface area contributed by atoms with E-state index in [2.05, 4.69) is 20.3 Å². The van der Waals surface area contributed by atoms with E-state index in [0.29, 0.717) is 5.75 Å². The van der Waals surface area contributed by atoms with E-state index in [9.17, 15) is 9.59 Å². The van der Waals surface area contributed by atoms with Crippen molar-refractivity contribution in [2.75, 3.05) is 7.11 Å². The minimum absolute atomic E-state index is 0.252. The zero-order valence-corrected chi connectivity index (χ0v) is 12.6. The number of nitrogens with zero attached hydrogens (tertiary/aromatic N) is 4. The van der Waals surface area contributed by atoms with Crippen molar-refractivity contribution in [1.82, 2.24) is 20.2 Å². The van der Waals surface area contributed by atoms with E-state index >= 15 is 0 Å². The summed E-state index contributed by atoms with van der Waals surface area (Å²) in [7, 11) is 1.28. The van der Waals surface area contributed by atoms with Crippen LogP contribution < -0.4 is 4.74 Å². The first-order valence-corrected chi connectivity index (χ1v) is 6.91. The van der Waals surface area contributed by atoms with Crippen molar-refractivity contribution in [2.24, 2.45) is 0 Å². The van der Waals surface area contributed by atoms with E-state index < -0.39 is 11.9 Å². The molecular formula is C16H12N4O4. The summed E-state index contributed by atoms with van der Waals surface area (Å²) in [5, 5.41) is 10.9. The van der Waals surface area contributed by atoms with E-state index in [1.54, 1.807) is 42.5 Å². The van der Waals surface area contributed by atoms with Crippen LogP contribution in [-0.4, -0.2) is 39.3 Å². The second-order valence-corrected chi connectivity index (χ2v) is 4.71. The number of aromatic nitrogens is 4. The summed E-state index contributed by atoms with van der Waals surface area (Å²) in [4.78, 5) is 23.7. The Morgan fingerprint density at radius 3 is 2.33 bits per heavy atom. The molecule has 8 heteroatoms. The molecule has 0 atom stereocenters. The number of rotatable bonds is 4. The predicted octanol–water partition coefficient (Wildman–Crippen LogP) is 1.67. The Labute approximate surface area is 136 Å². The fourth-order valence-electron chi connectivity index (χ4n) is 2.00. The SMILES string of the molecule is COC(=O)c1cccc(C(=O)Oc2ccc(-n3cnnn3)cc2)c1. The Kier molecular flexibility index (Phi) is 4.28. The molecule has 0 amide bonds. The van der Waals surface area contributed by atoms with Crippen LogP contribution in [0.15, 0.2) is 54.9 Å². The van der Waals surface area contributed by atoms with Crippen LogP contribution in [0, 0.1) is 0 Å². The maximum Gasteiger partial charge on any atom is 0.343 e. The number of benzene rings is 2. The van der Waals surface area contributed by atoms with Gasteiger partial charge >= 0.3 is 11.9 Å². The number of tetrazole rings is 1. The standard InChI is InChI=1S/C16H12N4O4/c1-23-15(21)11-3-2-4-12(9-11)16(22)24-14-7-5-13(6-8-14)20-10-17-18-19-20/h2-10H,1H3. The molecule has 0 saturated heterocycles. The number of ether oxygens (including phenoxy) is 2. The second-order valence-electron chi connectivity index (χ2n) is 4.71. The quantitative estimate of drug-likeness (QED) is 0.532. The maximum atomic E-state index is 12.2. The first-order valence-electron chi connectivity index (χ1n) is 6.91. The van der Waals surface area contributed by atoms with Crippen molar-refractivity contribution in [1.29, 1.82) is 0 Å². The maximum absolute atomic E-state index is 12.2. The van der Waals surface area contributed by atoms with Crippen LogP contribution in [-0.2, 0) is 4.74 Å². The van der Waals surface area contributed by atoms with E-state index in [4.69, 9.17) is 4.74 Å². The molecule has 1 aromatic heterocycles. The van der Waals surface area contributed by atoms with Crippen LogP contribution in [0.1, 0.15) is 20.7 Å². The van der Waals surface area contributed by atoms with Crippen LogP contribution in [0.25, 0.3) is 5.69 Å². The summed E-state index contributed by atoms with van der Waals surface area (Å²) in [6.45, 7) is 0. The highest BCUT2D eigenvalue weighted by molar-refractivity contribution is 5.96. The lowest BCUT2D eigenvalue weighted by Crippen LogP contribution is -2.10. The third kappa shape index (κ3) is 3.27. The van der Waals surface area contributed by atoms with Crippen LogP contribution in [0.2, 0.25) is 0 Å². The molecular weight excluding hydrogens is 312 g/mol.